The first-order chi connectivity index (χ1) is 30.5. The summed E-state index contributed by atoms with van der Waals surface area (Å²) in [5.41, 5.74) is -0.899. The van der Waals surface area contributed by atoms with Crippen molar-refractivity contribution in [3.05, 3.63) is 177 Å². The van der Waals surface area contributed by atoms with Crippen LogP contribution < -0.4 is 26.0 Å². The van der Waals surface area contributed by atoms with Crippen LogP contribution in [0.1, 0.15) is 38.8 Å². The van der Waals surface area contributed by atoms with E-state index in [0.717, 1.165) is 16.7 Å². The highest BCUT2D eigenvalue weighted by Crippen LogP contribution is 2.49. The van der Waals surface area contributed by atoms with Gasteiger partial charge >= 0.3 is 5.69 Å². The van der Waals surface area contributed by atoms with E-state index in [4.69, 9.17) is 18.9 Å². The van der Waals surface area contributed by atoms with Gasteiger partial charge in [-0.3, -0.25) is 23.9 Å². The quantitative estimate of drug-likeness (QED) is 0.142. The van der Waals surface area contributed by atoms with Crippen molar-refractivity contribution in [2.24, 2.45) is 0 Å². The van der Waals surface area contributed by atoms with Crippen molar-refractivity contribution in [1.29, 1.82) is 0 Å². The fraction of sp³-hybridized carbons (Fsp3) is 0.239. The van der Waals surface area contributed by atoms with E-state index in [1.165, 1.54) is 32.9 Å². The molecule has 0 spiro atoms. The molecule has 0 unspecified atom stereocenters. The van der Waals surface area contributed by atoms with Crippen LogP contribution in [-0.2, 0) is 26.4 Å². The van der Waals surface area contributed by atoms with Crippen LogP contribution in [0, 0.1) is 6.92 Å². The smallest absolute Gasteiger partial charge is 0.330 e. The lowest BCUT2D eigenvalue weighted by Gasteiger charge is -2.41. The molecule has 17 nitrogen and oxygen atoms in total. The molecule has 4 aromatic carbocycles. The van der Waals surface area contributed by atoms with Gasteiger partial charge in [0.25, 0.3) is 11.5 Å². The minimum Gasteiger partial charge on any atom is -0.497 e. The molecule has 320 valence electrons. The number of hydrogen-bond donors (Lipinski definition) is 3. The minimum atomic E-state index is -1.60. The maximum absolute atomic E-state index is 14.6. The van der Waals surface area contributed by atoms with Gasteiger partial charge in [0.15, 0.2) is 23.2 Å². The second kappa shape index (κ2) is 16.4. The van der Waals surface area contributed by atoms with Gasteiger partial charge in [0.05, 0.1) is 33.7 Å². The SMILES string of the molecule is COc1ccc(C(OC[C@@]23CN(C(=O)Cn4cnc5c(NC(=O)c6ccccc6)ncnc54)[C@@H]([C@H](n4cc(C)c(=O)[nH]c4=O)O2)[C@@H]3O)(c2ccccc2)c2ccc(OC)cc2)cc1. The molecule has 0 radical (unpaired) electrons. The van der Waals surface area contributed by atoms with Crippen molar-refractivity contribution in [1.82, 2.24) is 34.0 Å². The molecule has 3 aromatic heterocycles. The lowest BCUT2D eigenvalue weighted by molar-refractivity contribution is -0.183. The predicted octanol–water partition coefficient (Wildman–Crippen LogP) is 3.80. The standard InChI is InChI=1S/C46H42N8O9/c1-28-22-53(44(59)51-41(28)57)43-37-38(56)45(63-43,24-54(37)35(55)23-52-27-49-36-39(47-26-48-40(36)52)50-42(58)29-10-6-4-7-11-29)25-62-46(30-12-8-5-9-13-30,31-14-18-33(60-2)19-15-31)32-16-20-34(61-3)21-17-32/h4-22,26-27,37-38,43,56H,23-25H2,1-3H3,(H,51,57,59)(H,47,48,50,58)/t37-,38+,43-,45-/m1/s1. The Hall–Kier alpha value is -7.47. The normalized spacial score (nSPS) is 19.3. The summed E-state index contributed by atoms with van der Waals surface area (Å²) >= 11 is 0. The molecule has 63 heavy (non-hydrogen) atoms. The maximum Gasteiger partial charge on any atom is 0.330 e. The van der Waals surface area contributed by atoms with Crippen LogP contribution in [-0.4, -0.2) is 96.0 Å². The molecule has 2 aliphatic rings. The first kappa shape index (κ1) is 40.9. The number of likely N-dealkylation sites (tertiary alicyclic amines) is 1. The lowest BCUT2D eigenvalue weighted by atomic mass is 9.79. The third-order valence-electron chi connectivity index (χ3n) is 11.7. The zero-order valence-electron chi connectivity index (χ0n) is 34.4. The van der Waals surface area contributed by atoms with Crippen LogP contribution in [0.2, 0.25) is 0 Å². The molecule has 5 heterocycles. The van der Waals surface area contributed by atoms with Crippen LogP contribution in [0.25, 0.3) is 11.2 Å². The first-order valence-corrected chi connectivity index (χ1v) is 20.0. The maximum atomic E-state index is 14.6. The largest absolute Gasteiger partial charge is 0.497 e. The fourth-order valence-corrected chi connectivity index (χ4v) is 8.51. The van der Waals surface area contributed by atoms with Gasteiger partial charge in [-0.1, -0.05) is 72.8 Å². The molecule has 9 rings (SSSR count). The number of benzene rings is 4. The second-order valence-electron chi connectivity index (χ2n) is 15.4. The number of hydrogen-bond acceptors (Lipinski definition) is 12. The highest BCUT2D eigenvalue weighted by atomic mass is 16.6. The summed E-state index contributed by atoms with van der Waals surface area (Å²) in [6, 6.07) is 32.0. The van der Waals surface area contributed by atoms with Crippen molar-refractivity contribution < 1.29 is 33.6 Å². The van der Waals surface area contributed by atoms with Crippen molar-refractivity contribution >= 4 is 28.8 Å². The van der Waals surface area contributed by atoms with Crippen molar-refractivity contribution in [2.75, 3.05) is 32.7 Å². The van der Waals surface area contributed by atoms with Crippen LogP contribution in [0.4, 0.5) is 5.82 Å². The fourth-order valence-electron chi connectivity index (χ4n) is 8.51. The third-order valence-corrected chi connectivity index (χ3v) is 11.7. The molecule has 7 aromatic rings. The number of aromatic nitrogens is 6. The number of anilines is 1. The summed E-state index contributed by atoms with van der Waals surface area (Å²) in [5.74, 6) is 0.557. The van der Waals surface area contributed by atoms with Gasteiger partial charge in [-0.05, 0) is 60.0 Å². The van der Waals surface area contributed by atoms with Gasteiger partial charge < -0.3 is 38.8 Å². The van der Waals surface area contributed by atoms with E-state index in [1.807, 2.05) is 78.9 Å². The molecule has 2 bridgehead atoms. The number of aromatic amines is 1. The summed E-state index contributed by atoms with van der Waals surface area (Å²) in [5, 5.41) is 15.2. The number of aliphatic hydroxyl groups excluding tert-OH is 1. The van der Waals surface area contributed by atoms with Gasteiger partial charge in [0.1, 0.15) is 47.7 Å². The number of imidazole rings is 1. The van der Waals surface area contributed by atoms with E-state index in [9.17, 15) is 24.3 Å². The van der Waals surface area contributed by atoms with E-state index in [2.05, 4.69) is 25.3 Å². The summed E-state index contributed by atoms with van der Waals surface area (Å²) < 4.78 is 27.6. The Morgan fingerprint density at radius 2 is 1.49 bits per heavy atom. The van der Waals surface area contributed by atoms with E-state index in [-0.39, 0.29) is 42.2 Å². The van der Waals surface area contributed by atoms with Gasteiger partial charge in [0.2, 0.25) is 5.91 Å². The van der Waals surface area contributed by atoms with E-state index >= 15 is 0 Å². The number of H-pyrrole nitrogens is 1. The predicted molar refractivity (Wildman–Crippen MR) is 228 cm³/mol. The molecule has 0 saturated carbocycles. The summed E-state index contributed by atoms with van der Waals surface area (Å²) in [6.45, 7) is 0.834. The van der Waals surface area contributed by atoms with Crippen molar-refractivity contribution in [3.8, 4) is 11.5 Å². The molecule has 0 aliphatic carbocycles. The third kappa shape index (κ3) is 7.20. The average molecular weight is 851 g/mol. The molecule has 2 saturated heterocycles. The van der Waals surface area contributed by atoms with Crippen LogP contribution in [0.15, 0.2) is 138 Å². The van der Waals surface area contributed by atoms with Gasteiger partial charge in [-0.2, -0.15) is 0 Å². The summed E-state index contributed by atoms with van der Waals surface area (Å²) in [7, 11) is 3.17. The number of aliphatic hydroxyl groups is 1. The zero-order chi connectivity index (χ0) is 43.9. The first-order valence-electron chi connectivity index (χ1n) is 20.0. The van der Waals surface area contributed by atoms with Crippen molar-refractivity contribution in [2.45, 2.75) is 43.0 Å². The summed E-state index contributed by atoms with van der Waals surface area (Å²) in [4.78, 5) is 70.4. The Kier molecular flexibility index (Phi) is 10.7. The lowest BCUT2D eigenvalue weighted by Crippen LogP contribution is -2.53. The van der Waals surface area contributed by atoms with Crippen LogP contribution in [0.3, 0.4) is 0 Å². The Morgan fingerprint density at radius 1 is 0.873 bits per heavy atom. The van der Waals surface area contributed by atoms with Gasteiger partial charge in [-0.25, -0.2) is 19.7 Å². The number of carbonyl (C=O) groups is 2. The van der Waals surface area contributed by atoms with Gasteiger partial charge in [-0.15, -0.1) is 0 Å². The zero-order valence-corrected chi connectivity index (χ0v) is 34.4. The van der Waals surface area contributed by atoms with E-state index < -0.39 is 52.6 Å². The average Bonchev–Trinajstić information content (AvgIpc) is 3.95. The molecular weight excluding hydrogens is 809 g/mol. The number of rotatable bonds is 13. The Labute approximate surface area is 359 Å². The molecule has 4 atom stereocenters. The number of aryl methyl sites for hydroxylation is 1. The number of morpholine rings is 1. The monoisotopic (exact) mass is 850 g/mol. The van der Waals surface area contributed by atoms with Gasteiger partial charge in [0, 0.05) is 17.3 Å². The Morgan fingerprint density at radius 3 is 2.13 bits per heavy atom. The topological polar surface area (TPSA) is 205 Å². The Balaban J connectivity index is 1.09. The van der Waals surface area contributed by atoms with E-state index in [1.54, 1.807) is 51.5 Å². The minimum absolute atomic E-state index is 0.138. The van der Waals surface area contributed by atoms with E-state index in [0.29, 0.717) is 17.1 Å². The molecule has 2 fully saturated rings. The molecular formula is C46H42N8O9. The number of carbonyl (C=O) groups excluding carboxylic acids is 2. The molecule has 2 amide bonds. The number of nitrogens with one attached hydrogen (secondary N) is 2. The summed E-state index contributed by atoms with van der Waals surface area (Å²) in [6.07, 6.45) is 1.41. The number of nitrogens with zero attached hydrogens (tertiary/aromatic N) is 6. The second-order valence-corrected chi connectivity index (χ2v) is 15.4. The van der Waals surface area contributed by atoms with Crippen LogP contribution in [0.5, 0.6) is 11.5 Å². The number of fused-ring (bicyclic) bond motifs is 3. The van der Waals surface area contributed by atoms with Crippen molar-refractivity contribution in [3.63, 3.8) is 0 Å². The molecule has 3 N–H and O–H groups in total. The number of methoxy groups -OCH3 is 2. The highest BCUT2D eigenvalue weighted by Gasteiger charge is 2.66. The number of ether oxygens (including phenoxy) is 4. The number of amides is 2. The highest BCUT2D eigenvalue weighted by molar-refractivity contribution is 6.06. The van der Waals surface area contributed by atoms with Crippen LogP contribution >= 0.6 is 0 Å². The molecule has 17 heteroatoms. The molecule has 2 aliphatic heterocycles. The Bertz CT molecular complexity index is 2870.